The number of carbonyl (C=O) groups is 1. The van der Waals surface area contributed by atoms with Crippen molar-refractivity contribution < 1.29 is 23.1 Å². The fourth-order valence-corrected chi connectivity index (χ4v) is 2.02. The molecule has 106 valence electrons. The van der Waals surface area contributed by atoms with Gasteiger partial charge in [0.25, 0.3) is 0 Å². The van der Waals surface area contributed by atoms with Crippen molar-refractivity contribution in [3.63, 3.8) is 0 Å². The van der Waals surface area contributed by atoms with Crippen LogP contribution in [-0.4, -0.2) is 26.1 Å². The maximum atomic E-state index is 13.8. The maximum absolute atomic E-state index is 13.8. The van der Waals surface area contributed by atoms with Gasteiger partial charge in [0, 0.05) is 12.1 Å². The Hall–Kier alpha value is -2.90. The standard InChI is InChI=1S/C13H6F3N3O2/c14-6-4-8(15)12(9(16)5-6)19-10-3-1-2-7(13(20)21)11(10)17-18-19/h1-5H,(H,20,21). The fraction of sp³-hybridized carbons (Fsp3) is 0. The average molecular weight is 293 g/mol. The van der Waals surface area contributed by atoms with Crippen LogP contribution in [0.2, 0.25) is 0 Å². The van der Waals surface area contributed by atoms with Gasteiger partial charge in [0.1, 0.15) is 17.0 Å². The molecule has 0 unspecified atom stereocenters. The third-order valence-corrected chi connectivity index (χ3v) is 2.90. The van der Waals surface area contributed by atoms with Crippen molar-refractivity contribution in [1.29, 1.82) is 0 Å². The molecule has 3 rings (SSSR count). The van der Waals surface area contributed by atoms with Gasteiger partial charge in [-0.05, 0) is 12.1 Å². The number of rotatable bonds is 2. The lowest BCUT2D eigenvalue weighted by Gasteiger charge is -2.05. The third-order valence-electron chi connectivity index (χ3n) is 2.90. The Kier molecular flexibility index (Phi) is 2.86. The first-order valence-electron chi connectivity index (χ1n) is 5.71. The van der Waals surface area contributed by atoms with E-state index in [-0.39, 0.29) is 16.6 Å². The number of carboxylic acids is 1. The number of hydrogen-bond donors (Lipinski definition) is 1. The zero-order valence-corrected chi connectivity index (χ0v) is 10.2. The third kappa shape index (κ3) is 2.00. The van der Waals surface area contributed by atoms with Crippen LogP contribution in [-0.2, 0) is 0 Å². The lowest BCUT2D eigenvalue weighted by molar-refractivity contribution is 0.0699. The van der Waals surface area contributed by atoms with Crippen LogP contribution in [0.5, 0.6) is 0 Å². The van der Waals surface area contributed by atoms with Gasteiger partial charge >= 0.3 is 5.97 Å². The molecule has 0 amide bonds. The quantitative estimate of drug-likeness (QED) is 0.788. The van der Waals surface area contributed by atoms with Crippen molar-refractivity contribution >= 4 is 17.0 Å². The summed E-state index contributed by atoms with van der Waals surface area (Å²) in [6, 6.07) is 5.11. The van der Waals surface area contributed by atoms with E-state index in [1.165, 1.54) is 18.2 Å². The highest BCUT2D eigenvalue weighted by Crippen LogP contribution is 2.24. The van der Waals surface area contributed by atoms with Gasteiger partial charge in [-0.2, -0.15) is 0 Å². The molecule has 0 saturated heterocycles. The molecule has 0 aliphatic carbocycles. The molecular formula is C13H6F3N3O2. The topological polar surface area (TPSA) is 68.0 Å². The summed E-state index contributed by atoms with van der Waals surface area (Å²) in [6.45, 7) is 0. The van der Waals surface area contributed by atoms with E-state index in [0.29, 0.717) is 12.1 Å². The van der Waals surface area contributed by atoms with E-state index in [4.69, 9.17) is 5.11 Å². The van der Waals surface area contributed by atoms with Gasteiger partial charge in [0.2, 0.25) is 0 Å². The molecule has 1 heterocycles. The van der Waals surface area contributed by atoms with Gasteiger partial charge in [-0.15, -0.1) is 5.10 Å². The number of hydrogen-bond acceptors (Lipinski definition) is 3. The normalized spacial score (nSPS) is 11.0. The van der Waals surface area contributed by atoms with Crippen molar-refractivity contribution in [3.8, 4) is 5.69 Å². The minimum Gasteiger partial charge on any atom is -0.478 e. The second kappa shape index (κ2) is 4.58. The molecule has 0 aliphatic heterocycles. The van der Waals surface area contributed by atoms with Gasteiger partial charge in [-0.1, -0.05) is 11.3 Å². The Labute approximate surface area is 115 Å². The first kappa shape index (κ1) is 13.1. The predicted molar refractivity (Wildman–Crippen MR) is 65.7 cm³/mol. The molecule has 0 aliphatic rings. The molecule has 0 radical (unpaired) electrons. The van der Waals surface area contributed by atoms with Gasteiger partial charge in [-0.3, -0.25) is 0 Å². The SMILES string of the molecule is O=C(O)c1cccc2c1nnn2-c1c(F)cc(F)cc1F. The van der Waals surface area contributed by atoms with E-state index < -0.39 is 29.1 Å². The Morgan fingerprint density at radius 2 is 1.81 bits per heavy atom. The van der Waals surface area contributed by atoms with Gasteiger partial charge in [0.15, 0.2) is 11.6 Å². The number of fused-ring (bicyclic) bond motifs is 1. The molecule has 0 bridgehead atoms. The Morgan fingerprint density at radius 1 is 1.14 bits per heavy atom. The van der Waals surface area contributed by atoms with Crippen LogP contribution < -0.4 is 0 Å². The summed E-state index contributed by atoms with van der Waals surface area (Å²) in [7, 11) is 0. The molecule has 0 fully saturated rings. The number of aromatic carboxylic acids is 1. The van der Waals surface area contributed by atoms with Crippen LogP contribution in [0.15, 0.2) is 30.3 Å². The van der Waals surface area contributed by atoms with Crippen LogP contribution in [0, 0.1) is 17.5 Å². The van der Waals surface area contributed by atoms with Crippen LogP contribution in [0.4, 0.5) is 13.2 Å². The monoisotopic (exact) mass is 293 g/mol. The van der Waals surface area contributed by atoms with E-state index in [1.807, 2.05) is 0 Å². The first-order valence-corrected chi connectivity index (χ1v) is 5.71. The van der Waals surface area contributed by atoms with Crippen LogP contribution in [0.25, 0.3) is 16.7 Å². The summed E-state index contributed by atoms with van der Waals surface area (Å²) in [6.07, 6.45) is 0. The van der Waals surface area contributed by atoms with Gasteiger partial charge < -0.3 is 5.11 Å². The fourth-order valence-electron chi connectivity index (χ4n) is 2.02. The number of aromatic nitrogens is 3. The minimum absolute atomic E-state index is 0.0203. The zero-order chi connectivity index (χ0) is 15.1. The summed E-state index contributed by atoms with van der Waals surface area (Å²) < 4.78 is 41.3. The highest BCUT2D eigenvalue weighted by atomic mass is 19.1. The van der Waals surface area contributed by atoms with Gasteiger partial charge in [-0.25, -0.2) is 22.6 Å². The smallest absolute Gasteiger partial charge is 0.338 e. The van der Waals surface area contributed by atoms with Crippen molar-refractivity contribution in [2.24, 2.45) is 0 Å². The molecule has 1 aromatic heterocycles. The van der Waals surface area contributed by atoms with E-state index in [2.05, 4.69) is 10.3 Å². The van der Waals surface area contributed by atoms with Crippen LogP contribution >= 0.6 is 0 Å². The summed E-state index contributed by atoms with van der Waals surface area (Å²) in [4.78, 5) is 11.1. The second-order valence-electron chi connectivity index (χ2n) is 4.20. The van der Waals surface area contributed by atoms with Crippen LogP contribution in [0.3, 0.4) is 0 Å². The second-order valence-corrected chi connectivity index (χ2v) is 4.20. The Balaban J connectivity index is 2.33. The molecule has 8 heteroatoms. The number of halogens is 3. The van der Waals surface area contributed by atoms with E-state index in [9.17, 15) is 18.0 Å². The molecule has 3 aromatic rings. The minimum atomic E-state index is -1.24. The molecule has 21 heavy (non-hydrogen) atoms. The summed E-state index contributed by atoms with van der Waals surface area (Å²) in [5.74, 6) is -4.64. The van der Waals surface area contributed by atoms with Gasteiger partial charge in [0.05, 0.1) is 11.1 Å². The van der Waals surface area contributed by atoms with Crippen molar-refractivity contribution in [2.75, 3.05) is 0 Å². The summed E-state index contributed by atoms with van der Waals surface area (Å²) >= 11 is 0. The summed E-state index contributed by atoms with van der Waals surface area (Å²) in [5, 5.41) is 16.2. The predicted octanol–water partition coefficient (Wildman–Crippen LogP) is 2.54. The number of benzene rings is 2. The molecular weight excluding hydrogens is 287 g/mol. The number of nitrogens with zero attached hydrogens (tertiary/aromatic N) is 3. The molecule has 1 N–H and O–H groups in total. The van der Waals surface area contributed by atoms with Crippen LogP contribution in [0.1, 0.15) is 10.4 Å². The van der Waals surface area contributed by atoms with Crippen molar-refractivity contribution in [1.82, 2.24) is 15.0 Å². The highest BCUT2D eigenvalue weighted by Gasteiger charge is 2.20. The Morgan fingerprint density at radius 3 is 2.43 bits per heavy atom. The summed E-state index contributed by atoms with van der Waals surface area (Å²) in [5.41, 5.74) is -0.699. The molecule has 2 aromatic carbocycles. The van der Waals surface area contributed by atoms with Crippen molar-refractivity contribution in [3.05, 3.63) is 53.3 Å². The molecule has 5 nitrogen and oxygen atoms in total. The van der Waals surface area contributed by atoms with E-state index in [0.717, 1.165) is 4.68 Å². The molecule has 0 saturated carbocycles. The van der Waals surface area contributed by atoms with E-state index >= 15 is 0 Å². The average Bonchev–Trinajstić information content (AvgIpc) is 2.81. The first-order chi connectivity index (χ1) is 9.99. The Bertz CT molecular complexity index is 853. The highest BCUT2D eigenvalue weighted by molar-refractivity contribution is 6.00. The molecule has 0 spiro atoms. The zero-order valence-electron chi connectivity index (χ0n) is 10.2. The molecule has 0 atom stereocenters. The van der Waals surface area contributed by atoms with E-state index in [1.54, 1.807) is 0 Å². The lowest BCUT2D eigenvalue weighted by atomic mass is 10.2. The maximum Gasteiger partial charge on any atom is 0.338 e. The lowest BCUT2D eigenvalue weighted by Crippen LogP contribution is -2.04. The van der Waals surface area contributed by atoms with Crippen molar-refractivity contribution in [2.45, 2.75) is 0 Å². The largest absolute Gasteiger partial charge is 0.478 e. The number of carboxylic acid groups (broad SMARTS) is 1.